The topological polar surface area (TPSA) is 59.1 Å². The number of carbonyl (C=O) groups excluding carboxylic acids is 2. The summed E-state index contributed by atoms with van der Waals surface area (Å²) in [7, 11) is 1.28. The Morgan fingerprint density at radius 1 is 1.23 bits per heavy atom. The molecule has 0 bridgehead atoms. The van der Waals surface area contributed by atoms with Crippen LogP contribution < -0.4 is 0 Å². The fraction of sp³-hybridized carbons (Fsp3) is 0.652. The molecular formula is C23H32F2N2O4. The van der Waals surface area contributed by atoms with Crippen molar-refractivity contribution in [2.45, 2.75) is 64.3 Å². The first kappa shape index (κ1) is 23.6. The number of methoxy groups -OCH3 is 1. The molecule has 2 aliphatic heterocycles. The molecule has 3 rings (SSSR count). The van der Waals surface area contributed by atoms with Crippen molar-refractivity contribution < 1.29 is 27.8 Å². The molecule has 4 atom stereocenters. The van der Waals surface area contributed by atoms with Gasteiger partial charge in [-0.05, 0) is 38.3 Å². The Hall–Kier alpha value is -2.06. The molecule has 2 aliphatic rings. The smallest absolute Gasteiger partial charge is 0.329 e. The van der Waals surface area contributed by atoms with E-state index < -0.39 is 29.7 Å². The van der Waals surface area contributed by atoms with Crippen molar-refractivity contribution in [2.75, 3.05) is 26.8 Å². The molecule has 0 aromatic heterocycles. The van der Waals surface area contributed by atoms with Crippen LogP contribution in [-0.2, 0) is 19.1 Å². The molecule has 0 radical (unpaired) electrons. The summed E-state index contributed by atoms with van der Waals surface area (Å²) >= 11 is 0. The lowest BCUT2D eigenvalue weighted by Crippen LogP contribution is -2.63. The summed E-state index contributed by atoms with van der Waals surface area (Å²) in [5.74, 6) is -2.20. The van der Waals surface area contributed by atoms with Crippen LogP contribution in [0.3, 0.4) is 0 Å². The van der Waals surface area contributed by atoms with E-state index in [1.807, 2.05) is 11.8 Å². The standard InChI is InChI=1S/C23H32F2N2O4/c1-14(2)22(28)27-15(3)12-26(13-20(27)23(29)30-4)19(11-16-7-6-10-31-16)21-17(24)8-5-9-18(21)25/h5,8-9,14-16,19-20H,6-7,10-13H2,1-4H3. The van der Waals surface area contributed by atoms with Crippen LogP contribution >= 0.6 is 0 Å². The van der Waals surface area contributed by atoms with Crippen LogP contribution in [0.2, 0.25) is 0 Å². The molecule has 1 amide bonds. The molecule has 0 aliphatic carbocycles. The van der Waals surface area contributed by atoms with Gasteiger partial charge in [0.05, 0.1) is 13.2 Å². The zero-order chi connectivity index (χ0) is 22.7. The number of esters is 1. The first-order valence-electron chi connectivity index (χ1n) is 10.9. The van der Waals surface area contributed by atoms with E-state index in [-0.39, 0.29) is 36.1 Å². The van der Waals surface area contributed by atoms with Crippen LogP contribution in [0.25, 0.3) is 0 Å². The first-order valence-corrected chi connectivity index (χ1v) is 10.9. The van der Waals surface area contributed by atoms with Crippen molar-refractivity contribution in [1.82, 2.24) is 9.80 Å². The van der Waals surface area contributed by atoms with Crippen LogP contribution in [0, 0.1) is 17.6 Å². The normalized spacial score (nSPS) is 25.6. The van der Waals surface area contributed by atoms with Gasteiger partial charge in [0.15, 0.2) is 0 Å². The Kier molecular flexibility index (Phi) is 7.64. The number of ether oxygens (including phenoxy) is 2. The summed E-state index contributed by atoms with van der Waals surface area (Å²) in [6.45, 7) is 6.57. The number of hydrogen-bond acceptors (Lipinski definition) is 5. The maximum absolute atomic E-state index is 14.8. The average Bonchev–Trinajstić information content (AvgIpc) is 3.24. The second kappa shape index (κ2) is 10.0. The Labute approximate surface area is 182 Å². The van der Waals surface area contributed by atoms with Crippen molar-refractivity contribution in [3.63, 3.8) is 0 Å². The average molecular weight is 439 g/mol. The Balaban J connectivity index is 1.96. The number of amides is 1. The van der Waals surface area contributed by atoms with E-state index >= 15 is 0 Å². The monoisotopic (exact) mass is 438 g/mol. The van der Waals surface area contributed by atoms with Crippen LogP contribution in [-0.4, -0.2) is 66.7 Å². The molecule has 8 heteroatoms. The molecule has 1 aromatic rings. The van der Waals surface area contributed by atoms with Crippen molar-refractivity contribution in [1.29, 1.82) is 0 Å². The number of piperazine rings is 1. The van der Waals surface area contributed by atoms with Crippen molar-refractivity contribution in [3.05, 3.63) is 35.4 Å². The zero-order valence-corrected chi connectivity index (χ0v) is 18.6. The van der Waals surface area contributed by atoms with Crippen molar-refractivity contribution in [3.8, 4) is 0 Å². The third kappa shape index (κ3) is 5.06. The summed E-state index contributed by atoms with van der Waals surface area (Å²) in [4.78, 5) is 28.9. The lowest BCUT2D eigenvalue weighted by molar-refractivity contribution is -0.162. The third-order valence-corrected chi connectivity index (χ3v) is 6.22. The third-order valence-electron chi connectivity index (χ3n) is 6.22. The van der Waals surface area contributed by atoms with Gasteiger partial charge in [0.2, 0.25) is 5.91 Å². The molecule has 2 heterocycles. The van der Waals surface area contributed by atoms with E-state index in [1.165, 1.54) is 25.3 Å². The van der Waals surface area contributed by atoms with Gasteiger partial charge < -0.3 is 14.4 Å². The fourth-order valence-electron chi connectivity index (χ4n) is 4.72. The SMILES string of the molecule is COC(=O)C1CN(C(CC2CCCO2)c2c(F)cccc2F)CC(C)N1C(=O)C(C)C. The number of rotatable bonds is 6. The summed E-state index contributed by atoms with van der Waals surface area (Å²) in [6.07, 6.45) is 2.05. The summed E-state index contributed by atoms with van der Waals surface area (Å²) in [5.41, 5.74) is -0.0162. The van der Waals surface area contributed by atoms with Gasteiger partial charge in [0.1, 0.15) is 17.7 Å². The van der Waals surface area contributed by atoms with Gasteiger partial charge in [0, 0.05) is 43.3 Å². The van der Waals surface area contributed by atoms with E-state index in [4.69, 9.17) is 9.47 Å². The van der Waals surface area contributed by atoms with Gasteiger partial charge in [-0.15, -0.1) is 0 Å². The van der Waals surface area contributed by atoms with E-state index in [1.54, 1.807) is 18.7 Å². The van der Waals surface area contributed by atoms with Crippen LogP contribution in [0.4, 0.5) is 8.78 Å². The molecule has 0 spiro atoms. The minimum atomic E-state index is -0.842. The first-order chi connectivity index (χ1) is 14.7. The number of halogens is 2. The zero-order valence-electron chi connectivity index (χ0n) is 18.6. The van der Waals surface area contributed by atoms with Gasteiger partial charge in [-0.3, -0.25) is 9.69 Å². The van der Waals surface area contributed by atoms with E-state index in [9.17, 15) is 18.4 Å². The molecular weight excluding hydrogens is 406 g/mol. The van der Waals surface area contributed by atoms with Gasteiger partial charge in [-0.1, -0.05) is 19.9 Å². The highest BCUT2D eigenvalue weighted by Gasteiger charge is 2.44. The molecule has 4 unspecified atom stereocenters. The van der Waals surface area contributed by atoms with Crippen molar-refractivity contribution in [2.24, 2.45) is 5.92 Å². The van der Waals surface area contributed by atoms with E-state index in [0.717, 1.165) is 12.8 Å². The Morgan fingerprint density at radius 3 is 2.45 bits per heavy atom. The van der Waals surface area contributed by atoms with E-state index in [2.05, 4.69) is 0 Å². The van der Waals surface area contributed by atoms with Gasteiger partial charge >= 0.3 is 5.97 Å². The van der Waals surface area contributed by atoms with Crippen molar-refractivity contribution >= 4 is 11.9 Å². The highest BCUT2D eigenvalue weighted by atomic mass is 19.1. The number of carbonyl (C=O) groups is 2. The maximum Gasteiger partial charge on any atom is 0.329 e. The summed E-state index contributed by atoms with van der Waals surface area (Å²) in [5, 5.41) is 0. The second-order valence-electron chi connectivity index (χ2n) is 8.76. The summed E-state index contributed by atoms with van der Waals surface area (Å²) in [6, 6.07) is 2.06. The maximum atomic E-state index is 14.8. The molecule has 172 valence electrons. The predicted molar refractivity (Wildman–Crippen MR) is 111 cm³/mol. The quantitative estimate of drug-likeness (QED) is 0.638. The Bertz CT molecular complexity index is 778. The van der Waals surface area contributed by atoms with Gasteiger partial charge in [-0.2, -0.15) is 0 Å². The van der Waals surface area contributed by atoms with Gasteiger partial charge in [0.25, 0.3) is 0 Å². The highest BCUT2D eigenvalue weighted by Crippen LogP contribution is 2.36. The molecule has 2 fully saturated rings. The molecule has 31 heavy (non-hydrogen) atoms. The second-order valence-corrected chi connectivity index (χ2v) is 8.76. The molecule has 2 saturated heterocycles. The molecule has 0 N–H and O–H groups in total. The van der Waals surface area contributed by atoms with E-state index in [0.29, 0.717) is 19.6 Å². The Morgan fingerprint density at radius 2 is 1.90 bits per heavy atom. The molecule has 0 saturated carbocycles. The fourth-order valence-corrected chi connectivity index (χ4v) is 4.72. The number of nitrogens with zero attached hydrogens (tertiary/aromatic N) is 2. The van der Waals surface area contributed by atoms with Crippen LogP contribution in [0.1, 0.15) is 51.6 Å². The molecule has 6 nitrogen and oxygen atoms in total. The minimum Gasteiger partial charge on any atom is -0.467 e. The minimum absolute atomic E-state index is 0.0162. The number of hydrogen-bond donors (Lipinski definition) is 0. The number of benzene rings is 1. The van der Waals surface area contributed by atoms with Crippen LogP contribution in [0.5, 0.6) is 0 Å². The largest absolute Gasteiger partial charge is 0.467 e. The highest BCUT2D eigenvalue weighted by molar-refractivity contribution is 5.86. The summed E-state index contributed by atoms with van der Waals surface area (Å²) < 4.78 is 40.3. The van der Waals surface area contributed by atoms with Crippen LogP contribution in [0.15, 0.2) is 18.2 Å². The molecule has 1 aromatic carbocycles. The lowest BCUT2D eigenvalue weighted by Gasteiger charge is -2.47. The van der Waals surface area contributed by atoms with Gasteiger partial charge in [-0.25, -0.2) is 13.6 Å². The predicted octanol–water partition coefficient (Wildman–Crippen LogP) is 3.31. The lowest BCUT2D eigenvalue weighted by atomic mass is 9.93.